The maximum absolute atomic E-state index is 14.8. The van der Waals surface area contributed by atoms with Gasteiger partial charge in [0, 0.05) is 53.7 Å². The highest BCUT2D eigenvalue weighted by Crippen LogP contribution is 2.45. The Bertz CT molecular complexity index is 1340. The number of hydrogen-bond acceptors (Lipinski definition) is 6. The molecule has 2 fully saturated rings. The van der Waals surface area contributed by atoms with Gasteiger partial charge in [-0.25, -0.2) is 0 Å². The van der Waals surface area contributed by atoms with E-state index in [0.29, 0.717) is 49.8 Å². The number of carbonyl (C=O) groups is 2. The lowest BCUT2D eigenvalue weighted by Crippen LogP contribution is -2.62. The molecule has 2 amide bonds. The van der Waals surface area contributed by atoms with Crippen LogP contribution in [-0.4, -0.2) is 61.5 Å². The molecule has 3 aromatic carbocycles. The second kappa shape index (κ2) is 12.5. The molecule has 5 rings (SSSR count). The number of ether oxygens (including phenoxy) is 2. The van der Waals surface area contributed by atoms with E-state index in [1.54, 1.807) is 18.9 Å². The van der Waals surface area contributed by atoms with Crippen molar-refractivity contribution in [2.75, 3.05) is 39.9 Å². The predicted molar refractivity (Wildman–Crippen MR) is 165 cm³/mol. The number of nitrogens with zero attached hydrogens (tertiary/aromatic N) is 2. The summed E-state index contributed by atoms with van der Waals surface area (Å²) in [5.74, 6) is 1.10. The SMILES string of the molecule is CCOc1cc(OC)ccc1C1(C(=O)N2CCN(C(C)=O)CC2)NC(c2ccc(Br)cc2)C(c2ccc(Br)cc2)N1. The van der Waals surface area contributed by atoms with E-state index in [2.05, 4.69) is 66.8 Å². The quantitative estimate of drug-likeness (QED) is 0.359. The number of rotatable bonds is 7. The summed E-state index contributed by atoms with van der Waals surface area (Å²) in [6.07, 6.45) is 0. The smallest absolute Gasteiger partial charge is 0.262 e. The van der Waals surface area contributed by atoms with Crippen molar-refractivity contribution in [1.82, 2.24) is 20.4 Å². The first-order valence-electron chi connectivity index (χ1n) is 13.7. The molecular weight excluding hydrogens is 652 g/mol. The lowest BCUT2D eigenvalue weighted by atomic mass is 9.95. The van der Waals surface area contributed by atoms with Crippen LogP contribution >= 0.6 is 31.9 Å². The largest absolute Gasteiger partial charge is 0.497 e. The van der Waals surface area contributed by atoms with Gasteiger partial charge < -0.3 is 19.3 Å². The normalized spacial score (nSPS) is 22.5. The topological polar surface area (TPSA) is 83.1 Å². The van der Waals surface area contributed by atoms with Crippen LogP contribution in [0.3, 0.4) is 0 Å². The van der Waals surface area contributed by atoms with Crippen molar-refractivity contribution in [2.45, 2.75) is 31.6 Å². The van der Waals surface area contributed by atoms with E-state index in [4.69, 9.17) is 9.47 Å². The zero-order valence-electron chi connectivity index (χ0n) is 23.3. The van der Waals surface area contributed by atoms with Crippen molar-refractivity contribution in [3.63, 3.8) is 0 Å². The summed E-state index contributed by atoms with van der Waals surface area (Å²) >= 11 is 7.11. The number of halogens is 2. The van der Waals surface area contributed by atoms with Crippen molar-refractivity contribution in [2.24, 2.45) is 0 Å². The van der Waals surface area contributed by atoms with Gasteiger partial charge in [-0.2, -0.15) is 0 Å². The van der Waals surface area contributed by atoms with Gasteiger partial charge in [0.2, 0.25) is 5.91 Å². The lowest BCUT2D eigenvalue weighted by molar-refractivity contribution is -0.144. The van der Waals surface area contributed by atoms with Crippen LogP contribution in [-0.2, 0) is 15.3 Å². The standard InChI is InChI=1S/C31H34Br2N4O4/c1-4-41-27-19-25(40-3)13-14-26(27)31(30(39)37-17-15-36(16-18-37)20(2)38)34-28(21-5-9-23(32)10-6-21)29(35-31)22-7-11-24(33)12-8-22/h5-14,19,28-29,34-35H,4,15-18H2,1-3H3. The summed E-state index contributed by atoms with van der Waals surface area (Å²) in [5.41, 5.74) is 1.44. The molecular formula is C31H34Br2N4O4. The van der Waals surface area contributed by atoms with Gasteiger partial charge in [-0.1, -0.05) is 56.1 Å². The van der Waals surface area contributed by atoms with Crippen LogP contribution in [0, 0.1) is 0 Å². The summed E-state index contributed by atoms with van der Waals surface area (Å²) in [4.78, 5) is 30.4. The summed E-state index contributed by atoms with van der Waals surface area (Å²) in [6, 6.07) is 21.4. The first-order chi connectivity index (χ1) is 19.8. The summed E-state index contributed by atoms with van der Waals surface area (Å²) in [5, 5.41) is 7.51. The molecule has 216 valence electrons. The summed E-state index contributed by atoms with van der Waals surface area (Å²) in [6.45, 7) is 5.77. The number of methoxy groups -OCH3 is 1. The Hall–Kier alpha value is -2.92. The predicted octanol–water partition coefficient (Wildman–Crippen LogP) is 5.14. The Morgan fingerprint density at radius 3 is 1.83 bits per heavy atom. The molecule has 8 nitrogen and oxygen atoms in total. The van der Waals surface area contributed by atoms with Crippen molar-refractivity contribution >= 4 is 43.7 Å². The average Bonchev–Trinajstić information content (AvgIpc) is 3.39. The van der Waals surface area contributed by atoms with Crippen LogP contribution in [0.5, 0.6) is 11.5 Å². The zero-order valence-corrected chi connectivity index (χ0v) is 26.5. The van der Waals surface area contributed by atoms with Crippen molar-refractivity contribution in [3.8, 4) is 11.5 Å². The van der Waals surface area contributed by atoms with E-state index >= 15 is 0 Å². The minimum absolute atomic E-state index is 0.0170. The first kappa shape index (κ1) is 29.6. The van der Waals surface area contributed by atoms with Crippen LogP contribution in [0.4, 0.5) is 0 Å². The second-order valence-electron chi connectivity index (χ2n) is 10.2. The van der Waals surface area contributed by atoms with E-state index in [1.165, 1.54) is 0 Å². The van der Waals surface area contributed by atoms with Crippen molar-refractivity contribution in [3.05, 3.63) is 92.4 Å². The van der Waals surface area contributed by atoms with Crippen molar-refractivity contribution in [1.29, 1.82) is 0 Å². The molecule has 2 aliphatic heterocycles. The second-order valence-corrected chi connectivity index (χ2v) is 12.0. The molecule has 2 heterocycles. The molecule has 2 unspecified atom stereocenters. The Balaban J connectivity index is 1.65. The number of hydrogen-bond donors (Lipinski definition) is 2. The number of amides is 2. The molecule has 41 heavy (non-hydrogen) atoms. The van der Waals surface area contributed by atoms with Gasteiger partial charge in [-0.05, 0) is 54.4 Å². The lowest BCUT2D eigenvalue weighted by Gasteiger charge is -2.40. The Kier molecular flexibility index (Phi) is 9.03. The van der Waals surface area contributed by atoms with Gasteiger partial charge in [0.25, 0.3) is 5.91 Å². The summed E-state index contributed by atoms with van der Waals surface area (Å²) < 4.78 is 13.6. The van der Waals surface area contributed by atoms with E-state index in [1.807, 2.05) is 54.3 Å². The highest BCUT2D eigenvalue weighted by Gasteiger charge is 2.54. The molecule has 2 atom stereocenters. The molecule has 0 bridgehead atoms. The molecule has 0 aliphatic carbocycles. The third-order valence-electron chi connectivity index (χ3n) is 7.76. The van der Waals surface area contributed by atoms with Crippen LogP contribution < -0.4 is 20.1 Å². The fourth-order valence-electron chi connectivity index (χ4n) is 5.64. The molecule has 2 N–H and O–H groups in total. The first-order valence-corrected chi connectivity index (χ1v) is 15.3. The zero-order chi connectivity index (χ0) is 29.1. The average molecular weight is 686 g/mol. The minimum atomic E-state index is -1.31. The number of benzene rings is 3. The fraction of sp³-hybridized carbons (Fsp3) is 0.355. The molecule has 10 heteroatoms. The van der Waals surface area contributed by atoms with Gasteiger partial charge in [0.05, 0.1) is 25.8 Å². The highest BCUT2D eigenvalue weighted by molar-refractivity contribution is 9.10. The molecule has 3 aromatic rings. The van der Waals surface area contributed by atoms with Gasteiger partial charge in [-0.15, -0.1) is 0 Å². The monoisotopic (exact) mass is 684 g/mol. The third kappa shape index (κ3) is 6.02. The highest BCUT2D eigenvalue weighted by atomic mass is 79.9. The Labute approximate surface area is 257 Å². The molecule has 2 aliphatic rings. The van der Waals surface area contributed by atoms with E-state index in [9.17, 15) is 9.59 Å². The maximum atomic E-state index is 14.8. The van der Waals surface area contributed by atoms with Crippen LogP contribution in [0.2, 0.25) is 0 Å². The number of carbonyl (C=O) groups excluding carboxylic acids is 2. The number of nitrogens with one attached hydrogen (secondary N) is 2. The van der Waals surface area contributed by atoms with E-state index in [-0.39, 0.29) is 23.9 Å². The van der Waals surface area contributed by atoms with E-state index < -0.39 is 5.66 Å². The molecule has 0 aromatic heterocycles. The number of piperazine rings is 1. The van der Waals surface area contributed by atoms with Gasteiger partial charge in [0.15, 0.2) is 5.66 Å². The fourth-order valence-corrected chi connectivity index (χ4v) is 6.17. The molecule has 0 saturated carbocycles. The van der Waals surface area contributed by atoms with Gasteiger partial charge >= 0.3 is 0 Å². The molecule has 0 spiro atoms. The van der Waals surface area contributed by atoms with Gasteiger partial charge in [-0.3, -0.25) is 20.2 Å². The Morgan fingerprint density at radius 2 is 1.37 bits per heavy atom. The molecule has 0 radical (unpaired) electrons. The van der Waals surface area contributed by atoms with Gasteiger partial charge in [0.1, 0.15) is 11.5 Å². The Morgan fingerprint density at radius 1 is 0.854 bits per heavy atom. The third-order valence-corrected chi connectivity index (χ3v) is 8.82. The van der Waals surface area contributed by atoms with Crippen LogP contribution in [0.15, 0.2) is 75.7 Å². The van der Waals surface area contributed by atoms with Crippen LogP contribution in [0.1, 0.15) is 42.6 Å². The van der Waals surface area contributed by atoms with Crippen molar-refractivity contribution < 1.29 is 19.1 Å². The molecule has 2 saturated heterocycles. The van der Waals surface area contributed by atoms with E-state index in [0.717, 1.165) is 20.1 Å². The maximum Gasteiger partial charge on any atom is 0.262 e. The van der Waals surface area contributed by atoms with Crippen LogP contribution in [0.25, 0.3) is 0 Å². The minimum Gasteiger partial charge on any atom is -0.497 e. The summed E-state index contributed by atoms with van der Waals surface area (Å²) in [7, 11) is 1.61.